The lowest BCUT2D eigenvalue weighted by molar-refractivity contribution is 0.166. The Morgan fingerprint density at radius 3 is 2.65 bits per heavy atom. The third-order valence-corrected chi connectivity index (χ3v) is 3.35. The van der Waals surface area contributed by atoms with Gasteiger partial charge in [-0.05, 0) is 24.6 Å². The summed E-state index contributed by atoms with van der Waals surface area (Å²) in [5.74, 6) is 0.486. The monoisotopic (exact) mass is 236 g/mol. The van der Waals surface area contributed by atoms with Gasteiger partial charge in [-0.1, -0.05) is 6.92 Å². The van der Waals surface area contributed by atoms with Gasteiger partial charge in [0.05, 0.1) is 0 Å². The molecule has 2 rings (SSSR count). The molecule has 1 aromatic carbocycles. The Balaban J connectivity index is 2.24. The number of nitrogens with zero attached hydrogens (tertiary/aromatic N) is 1. The molecule has 1 aliphatic rings. The van der Waals surface area contributed by atoms with Crippen LogP contribution in [0.4, 0.5) is 0 Å². The van der Waals surface area contributed by atoms with Crippen LogP contribution in [0.1, 0.15) is 24.9 Å². The van der Waals surface area contributed by atoms with Gasteiger partial charge in [-0.25, -0.2) is 0 Å². The fourth-order valence-electron chi connectivity index (χ4n) is 2.48. The van der Waals surface area contributed by atoms with E-state index >= 15 is 0 Å². The van der Waals surface area contributed by atoms with Gasteiger partial charge in [-0.15, -0.1) is 0 Å². The van der Waals surface area contributed by atoms with Crippen molar-refractivity contribution in [3.8, 4) is 11.5 Å². The van der Waals surface area contributed by atoms with Crippen molar-refractivity contribution in [1.82, 2.24) is 10.2 Å². The first-order chi connectivity index (χ1) is 8.22. The van der Waals surface area contributed by atoms with Gasteiger partial charge in [-0.3, -0.25) is 4.90 Å². The van der Waals surface area contributed by atoms with Crippen molar-refractivity contribution in [2.24, 2.45) is 0 Å². The number of benzene rings is 1. The molecule has 0 saturated carbocycles. The molecule has 17 heavy (non-hydrogen) atoms. The van der Waals surface area contributed by atoms with Crippen LogP contribution in [0, 0.1) is 0 Å². The van der Waals surface area contributed by atoms with E-state index < -0.39 is 0 Å². The zero-order valence-electron chi connectivity index (χ0n) is 10.2. The highest BCUT2D eigenvalue weighted by Gasteiger charge is 2.23. The average molecular weight is 236 g/mol. The lowest BCUT2D eigenvalue weighted by atomic mass is 10.0. The molecule has 3 N–H and O–H groups in total. The number of phenolic OH excluding ortho intramolecular Hbond substituents is 2. The molecule has 1 fully saturated rings. The van der Waals surface area contributed by atoms with E-state index in [-0.39, 0.29) is 17.5 Å². The smallest absolute Gasteiger partial charge is 0.120 e. The summed E-state index contributed by atoms with van der Waals surface area (Å²) in [6, 6.07) is 4.94. The Bertz CT molecular complexity index is 376. The Morgan fingerprint density at radius 1 is 1.29 bits per heavy atom. The van der Waals surface area contributed by atoms with Crippen LogP contribution in [-0.4, -0.2) is 41.3 Å². The van der Waals surface area contributed by atoms with Crippen molar-refractivity contribution >= 4 is 0 Å². The largest absolute Gasteiger partial charge is 0.508 e. The molecule has 4 heteroatoms. The van der Waals surface area contributed by atoms with Crippen molar-refractivity contribution in [3.05, 3.63) is 23.8 Å². The molecular formula is C13H20N2O2. The number of nitrogens with one attached hydrogen (secondary N) is 1. The molecule has 0 amide bonds. The Kier molecular flexibility index (Phi) is 3.86. The highest BCUT2D eigenvalue weighted by atomic mass is 16.3. The molecule has 0 radical (unpaired) electrons. The second-order valence-electron chi connectivity index (χ2n) is 4.45. The summed E-state index contributed by atoms with van der Waals surface area (Å²) in [6.07, 6.45) is 0.928. The van der Waals surface area contributed by atoms with Crippen molar-refractivity contribution in [2.75, 3.05) is 26.2 Å². The number of piperazine rings is 1. The van der Waals surface area contributed by atoms with E-state index in [0.717, 1.165) is 38.2 Å². The highest BCUT2D eigenvalue weighted by molar-refractivity contribution is 5.40. The first-order valence-electron chi connectivity index (χ1n) is 6.19. The maximum Gasteiger partial charge on any atom is 0.120 e. The summed E-state index contributed by atoms with van der Waals surface area (Å²) < 4.78 is 0. The van der Waals surface area contributed by atoms with Crippen LogP contribution in [0.3, 0.4) is 0 Å². The van der Waals surface area contributed by atoms with Gasteiger partial charge in [0, 0.05) is 37.8 Å². The second-order valence-corrected chi connectivity index (χ2v) is 4.45. The first kappa shape index (κ1) is 12.2. The maximum atomic E-state index is 9.91. The van der Waals surface area contributed by atoms with Crippen LogP contribution in [0.5, 0.6) is 11.5 Å². The van der Waals surface area contributed by atoms with Gasteiger partial charge in [-0.2, -0.15) is 0 Å². The van der Waals surface area contributed by atoms with E-state index in [9.17, 15) is 10.2 Å². The van der Waals surface area contributed by atoms with Crippen molar-refractivity contribution in [2.45, 2.75) is 19.4 Å². The zero-order chi connectivity index (χ0) is 12.3. The second kappa shape index (κ2) is 5.38. The summed E-state index contributed by atoms with van der Waals surface area (Å²) in [6.45, 7) is 6.03. The molecule has 0 spiro atoms. The standard InChI is InChI=1S/C13H20N2O2/c1-2-12(15-7-5-14-6-8-15)11-9-10(16)3-4-13(11)17/h3-4,9,12,14,16-17H,2,5-8H2,1H3/t12-/m1/s1. The molecule has 4 nitrogen and oxygen atoms in total. The van der Waals surface area contributed by atoms with Gasteiger partial charge in [0.2, 0.25) is 0 Å². The number of phenols is 2. The molecule has 1 heterocycles. The molecule has 0 aromatic heterocycles. The molecule has 1 atom stereocenters. The third-order valence-electron chi connectivity index (χ3n) is 3.35. The minimum atomic E-state index is 0.184. The summed E-state index contributed by atoms with van der Waals surface area (Å²) >= 11 is 0. The van der Waals surface area contributed by atoms with Crippen molar-refractivity contribution in [1.29, 1.82) is 0 Å². The summed E-state index contributed by atoms with van der Waals surface area (Å²) in [5, 5.41) is 22.8. The van der Waals surface area contributed by atoms with Gasteiger partial charge in [0.15, 0.2) is 0 Å². The molecular weight excluding hydrogens is 216 g/mol. The van der Waals surface area contributed by atoms with Crippen molar-refractivity contribution < 1.29 is 10.2 Å². The van der Waals surface area contributed by atoms with Gasteiger partial charge in [0.25, 0.3) is 0 Å². The fraction of sp³-hybridized carbons (Fsp3) is 0.538. The minimum absolute atomic E-state index is 0.184. The lowest BCUT2D eigenvalue weighted by Gasteiger charge is -2.35. The Hall–Kier alpha value is -1.26. The van der Waals surface area contributed by atoms with E-state index in [1.165, 1.54) is 6.07 Å². The molecule has 94 valence electrons. The minimum Gasteiger partial charge on any atom is -0.508 e. The molecule has 0 bridgehead atoms. The molecule has 0 unspecified atom stereocenters. The first-order valence-corrected chi connectivity index (χ1v) is 6.19. The SMILES string of the molecule is CC[C@H](c1cc(O)ccc1O)N1CCNCC1. The number of hydrogen-bond acceptors (Lipinski definition) is 4. The fourth-order valence-corrected chi connectivity index (χ4v) is 2.48. The topological polar surface area (TPSA) is 55.7 Å². The summed E-state index contributed by atoms with van der Waals surface area (Å²) in [7, 11) is 0. The third kappa shape index (κ3) is 2.70. The maximum absolute atomic E-state index is 9.91. The van der Waals surface area contributed by atoms with Crippen LogP contribution >= 0.6 is 0 Å². The van der Waals surface area contributed by atoms with Gasteiger partial charge < -0.3 is 15.5 Å². The van der Waals surface area contributed by atoms with Crippen LogP contribution in [0.2, 0.25) is 0 Å². The van der Waals surface area contributed by atoms with Gasteiger partial charge >= 0.3 is 0 Å². The van der Waals surface area contributed by atoms with E-state index in [0.29, 0.717) is 0 Å². The van der Waals surface area contributed by atoms with Crippen LogP contribution in [-0.2, 0) is 0 Å². The van der Waals surface area contributed by atoms with E-state index in [1.54, 1.807) is 12.1 Å². The molecule has 0 aliphatic carbocycles. The van der Waals surface area contributed by atoms with Crippen LogP contribution in [0.25, 0.3) is 0 Å². The molecule has 1 aromatic rings. The van der Waals surface area contributed by atoms with Gasteiger partial charge in [0.1, 0.15) is 11.5 Å². The number of rotatable bonds is 3. The number of aromatic hydroxyl groups is 2. The normalized spacial score (nSPS) is 19.1. The Labute approximate surface area is 102 Å². The zero-order valence-corrected chi connectivity index (χ0v) is 10.2. The van der Waals surface area contributed by atoms with Crippen LogP contribution < -0.4 is 5.32 Å². The van der Waals surface area contributed by atoms with Crippen molar-refractivity contribution in [3.63, 3.8) is 0 Å². The summed E-state index contributed by atoms with van der Waals surface area (Å²) in [4.78, 5) is 2.35. The number of hydrogen-bond donors (Lipinski definition) is 3. The van der Waals surface area contributed by atoms with E-state index in [1.807, 2.05) is 0 Å². The molecule has 1 saturated heterocycles. The summed E-state index contributed by atoms with van der Waals surface area (Å²) in [5.41, 5.74) is 0.828. The van der Waals surface area contributed by atoms with E-state index in [2.05, 4.69) is 17.1 Å². The highest BCUT2D eigenvalue weighted by Crippen LogP contribution is 2.33. The predicted molar refractivity (Wildman–Crippen MR) is 67.2 cm³/mol. The Morgan fingerprint density at radius 2 is 2.00 bits per heavy atom. The average Bonchev–Trinajstić information content (AvgIpc) is 2.36. The quantitative estimate of drug-likeness (QED) is 0.695. The molecule has 1 aliphatic heterocycles. The van der Waals surface area contributed by atoms with E-state index in [4.69, 9.17) is 0 Å². The lowest BCUT2D eigenvalue weighted by Crippen LogP contribution is -2.45. The predicted octanol–water partition coefficient (Wildman–Crippen LogP) is 1.45. The van der Waals surface area contributed by atoms with Crippen LogP contribution in [0.15, 0.2) is 18.2 Å².